The maximum absolute atomic E-state index is 14.6. The zero-order valence-electron chi connectivity index (χ0n) is 57.4. The van der Waals surface area contributed by atoms with Crippen LogP contribution in [-0.2, 0) is 102 Å². The molecule has 12 aliphatic rings. The van der Waals surface area contributed by atoms with E-state index in [1.807, 2.05) is 0 Å². The SMILES string of the molecule is C=C1C[C@@H]2CC[C@@]34C[C@H]5OC6C(O[C@H]7CC[C@H](CC(=O)C[C@@H]8[C@@H](OC)[C@@H](C[C@H](O)CNC(=O)CNC(=O)[C@H](Cc9ccccc9)NC(=O)CNC(=O)CNC(=O)CCC9COCC(C(=O)CCCCN%10C(=O)C=CC%10=O)COC9)O[C@H]8C[C@H]8O[C@@H](CC[C@@H]1O2)C[C@@H](C)C8=C)O[C@@H]7[C@@H]6O3)[C@H]5O4. The van der Waals surface area contributed by atoms with Gasteiger partial charge in [-0.05, 0) is 86.8 Å². The molecule has 0 radical (unpaired) electrons. The lowest BCUT2D eigenvalue weighted by atomic mass is 9.81. The number of nitrogens with one attached hydrogen (secondary N) is 5. The van der Waals surface area contributed by atoms with Crippen molar-refractivity contribution >= 4 is 52.9 Å². The highest BCUT2D eigenvalue weighted by Crippen LogP contribution is 2.55. The molecule has 2 unspecified atom stereocenters. The molecule has 1 aromatic carbocycles. The molecule has 1 spiro atoms. The van der Waals surface area contributed by atoms with Gasteiger partial charge in [0.1, 0.15) is 48.1 Å². The van der Waals surface area contributed by atoms with Gasteiger partial charge in [0.2, 0.25) is 29.5 Å². The Balaban J connectivity index is 0.595. The Kier molecular flexibility index (Phi) is 24.6. The summed E-state index contributed by atoms with van der Waals surface area (Å²) in [7, 11) is 1.57. The summed E-state index contributed by atoms with van der Waals surface area (Å²) in [4.78, 5) is 118. The van der Waals surface area contributed by atoms with Crippen molar-refractivity contribution in [3.63, 3.8) is 0 Å². The average molecular weight is 1400 g/mol. The van der Waals surface area contributed by atoms with Gasteiger partial charge in [-0.3, -0.25) is 48.1 Å². The number of carbonyl (C=O) groups is 9. The minimum absolute atomic E-state index is 0.0212. The Morgan fingerprint density at radius 3 is 2.14 bits per heavy atom. The number of nitrogens with zero attached hydrogens (tertiary/aromatic N) is 1. The molecule has 12 aliphatic heterocycles. The summed E-state index contributed by atoms with van der Waals surface area (Å²) in [5.74, 6) is -5.59. The lowest BCUT2D eigenvalue weighted by Crippen LogP contribution is -2.61. The molecule has 11 saturated heterocycles. The van der Waals surface area contributed by atoms with Crippen LogP contribution in [0.15, 0.2) is 66.8 Å². The monoisotopic (exact) mass is 1400 g/mol. The van der Waals surface area contributed by atoms with Gasteiger partial charge in [-0.15, -0.1) is 0 Å². The van der Waals surface area contributed by atoms with Crippen molar-refractivity contribution < 1.29 is 100 Å². The Morgan fingerprint density at radius 2 is 1.36 bits per heavy atom. The first kappa shape index (κ1) is 73.5. The van der Waals surface area contributed by atoms with Gasteiger partial charge in [-0.25, -0.2) is 0 Å². The molecule has 6 N–H and O–H groups in total. The van der Waals surface area contributed by atoms with E-state index in [9.17, 15) is 48.3 Å². The number of hydrogen-bond donors (Lipinski definition) is 6. The molecule has 12 heterocycles. The Bertz CT molecular complexity index is 3160. The Hall–Kier alpha value is -6.21. The van der Waals surface area contributed by atoms with Crippen molar-refractivity contribution in [3.05, 3.63) is 72.4 Å². The maximum atomic E-state index is 14.6. The lowest BCUT2D eigenvalue weighted by Gasteiger charge is -2.47. The van der Waals surface area contributed by atoms with E-state index in [1.165, 1.54) is 12.2 Å². The summed E-state index contributed by atoms with van der Waals surface area (Å²) in [5.41, 5.74) is 2.72. The number of carbonyl (C=O) groups excluding carboxylic acids is 9. The van der Waals surface area contributed by atoms with Crippen molar-refractivity contribution in [3.8, 4) is 0 Å². The van der Waals surface area contributed by atoms with Gasteiger partial charge in [-0.1, -0.05) is 50.4 Å². The van der Waals surface area contributed by atoms with Crippen molar-refractivity contribution in [2.45, 2.75) is 238 Å². The molecule has 1 aromatic rings. The first-order valence-electron chi connectivity index (χ1n) is 36.2. The Labute approximate surface area is 583 Å². The van der Waals surface area contributed by atoms with Gasteiger partial charge < -0.3 is 83.8 Å². The van der Waals surface area contributed by atoms with Crippen LogP contribution < -0.4 is 26.6 Å². The van der Waals surface area contributed by atoms with Crippen molar-refractivity contribution in [1.29, 1.82) is 0 Å². The summed E-state index contributed by atoms with van der Waals surface area (Å²) >= 11 is 0. The van der Waals surface area contributed by atoms with E-state index in [1.54, 1.807) is 37.4 Å². The highest BCUT2D eigenvalue weighted by atomic mass is 16.8. The first-order chi connectivity index (χ1) is 48.2. The van der Waals surface area contributed by atoms with Crippen LogP contribution in [0.25, 0.3) is 0 Å². The van der Waals surface area contributed by atoms with E-state index in [0.717, 1.165) is 48.2 Å². The number of fused-ring (bicyclic) bond motifs is 6. The molecule has 27 nitrogen and oxygen atoms in total. The first-order valence-corrected chi connectivity index (χ1v) is 36.2. The van der Waals surface area contributed by atoms with Crippen LogP contribution in [0.5, 0.6) is 0 Å². The van der Waals surface area contributed by atoms with Crippen molar-refractivity contribution in [1.82, 2.24) is 31.5 Å². The molecule has 0 aliphatic carbocycles. The van der Waals surface area contributed by atoms with Gasteiger partial charge in [0, 0.05) is 102 Å². The second-order valence-corrected chi connectivity index (χ2v) is 29.3. The summed E-state index contributed by atoms with van der Waals surface area (Å²) < 4.78 is 72.5. The molecule has 13 rings (SSSR count). The number of rotatable bonds is 24. The van der Waals surface area contributed by atoms with E-state index in [4.69, 9.17) is 52.1 Å². The summed E-state index contributed by atoms with van der Waals surface area (Å²) in [6, 6.07) is 7.74. The van der Waals surface area contributed by atoms with E-state index in [-0.39, 0.29) is 168 Å². The van der Waals surface area contributed by atoms with E-state index in [0.29, 0.717) is 56.9 Å². The fraction of sp³-hybridized carbons (Fsp3) is 0.712. The molecule has 100 heavy (non-hydrogen) atoms. The molecule has 7 amide bonds. The highest BCUT2D eigenvalue weighted by molar-refractivity contribution is 6.12. The molecule has 548 valence electrons. The third kappa shape index (κ3) is 18.2. The number of imide groups is 1. The zero-order valence-corrected chi connectivity index (χ0v) is 57.4. The number of ketones is 2. The van der Waals surface area contributed by atoms with Gasteiger partial charge in [0.25, 0.3) is 11.8 Å². The van der Waals surface area contributed by atoms with Crippen LogP contribution in [0, 0.1) is 23.7 Å². The minimum atomic E-state index is -1.17. The van der Waals surface area contributed by atoms with E-state index < -0.39 is 116 Å². The number of hydrogen-bond acceptors (Lipinski definition) is 21. The fourth-order valence-corrected chi connectivity index (χ4v) is 16.6. The Morgan fingerprint density at radius 1 is 0.670 bits per heavy atom. The van der Waals surface area contributed by atoms with Gasteiger partial charge >= 0.3 is 0 Å². The second-order valence-electron chi connectivity index (χ2n) is 29.3. The quantitative estimate of drug-likeness (QED) is 0.0492. The predicted octanol–water partition coefficient (Wildman–Crippen LogP) is 2.40. The second kappa shape index (κ2) is 33.5. The number of amides is 7. The van der Waals surface area contributed by atoms with Crippen LogP contribution in [0.1, 0.15) is 128 Å². The number of Topliss-reactive ketones (excluding diaryl/α,β-unsaturated/α-hetero) is 2. The smallest absolute Gasteiger partial charge is 0.253 e. The molecular weight excluding hydrogens is 1300 g/mol. The standard InChI is InChI=1S/C73H100N6O21/c1-40-24-48-14-16-54-41(2)25-50(93-54)21-22-73-31-59-68(99-73)69-70(98-59)71(100-73)67-55(97-69)17-15-49(95-67)27-46(80)28-51-57(30-56(94-48)42(40)3)96-58(66(51)90-4)29-47(81)32-74-62(85)34-77-72(89)52(26-43-10-6-5-7-11-43)78-63(86)35-76-61(84)33-75-60(83)18-13-44-36-91-38-45(39-92-37-44)53(82)12-8-9-23-79-64(87)19-20-65(79)88/h5-7,10-11,19-20,40,44-45,47-52,54-59,66-71,81H,2-3,8-9,12-18,21-39H2,1,4H3,(H,74,85)(H,75,83)(H,76,84)(H,77,89)(H,78,86)/t40-,44?,45?,47+,48+,49-,50+,51+,52+,54+,55+,56-,57+,58-,59-,66-,67+,68+,69?,70?,71+,73+/m1/s1. The highest BCUT2D eigenvalue weighted by Gasteiger charge is 2.69. The van der Waals surface area contributed by atoms with Gasteiger partial charge in [0.05, 0.1) is 119 Å². The number of ether oxygens (including phenoxy) is 11. The van der Waals surface area contributed by atoms with Crippen LogP contribution >= 0.6 is 0 Å². The molecule has 11 fully saturated rings. The molecule has 0 aromatic heterocycles. The van der Waals surface area contributed by atoms with E-state index in [2.05, 4.69) is 46.7 Å². The molecule has 27 heteroatoms. The fourth-order valence-electron chi connectivity index (χ4n) is 16.6. The zero-order chi connectivity index (χ0) is 70.2. The number of aliphatic hydroxyl groups is 1. The molecule has 20 atom stereocenters. The summed E-state index contributed by atoms with van der Waals surface area (Å²) in [6.45, 7) is 10.6. The topological polar surface area (TPSA) is 339 Å². The number of aliphatic hydroxyl groups excluding tert-OH is 1. The van der Waals surface area contributed by atoms with Crippen molar-refractivity contribution in [2.75, 3.05) is 66.3 Å². The van der Waals surface area contributed by atoms with Gasteiger partial charge in [0.15, 0.2) is 5.79 Å². The number of unbranched alkanes of at least 4 members (excludes halogenated alkanes) is 1. The van der Waals surface area contributed by atoms with Crippen LogP contribution in [0.3, 0.4) is 0 Å². The third-order valence-corrected chi connectivity index (χ3v) is 22.0. The normalized spacial score (nSPS) is 36.2. The maximum Gasteiger partial charge on any atom is 0.253 e. The van der Waals surface area contributed by atoms with Gasteiger partial charge in [-0.2, -0.15) is 0 Å². The molecule has 12 bridgehead atoms. The van der Waals surface area contributed by atoms with Crippen molar-refractivity contribution in [2.24, 2.45) is 23.7 Å². The average Bonchev–Trinajstić information content (AvgIpc) is 1.55. The third-order valence-electron chi connectivity index (χ3n) is 22.0. The minimum Gasteiger partial charge on any atom is -0.391 e. The lowest BCUT2D eigenvalue weighted by molar-refractivity contribution is -0.292. The van der Waals surface area contributed by atoms with Crippen LogP contribution in [0.4, 0.5) is 0 Å². The van der Waals surface area contributed by atoms with Crippen LogP contribution in [0.2, 0.25) is 0 Å². The van der Waals surface area contributed by atoms with E-state index >= 15 is 0 Å². The van der Waals surface area contributed by atoms with Crippen LogP contribution in [-0.4, -0.2) is 239 Å². The molecular formula is C73H100N6O21. The number of benzene rings is 1. The summed E-state index contributed by atoms with van der Waals surface area (Å²) in [6.07, 6.45) is 5.05. The largest absolute Gasteiger partial charge is 0.391 e. The molecule has 0 saturated carbocycles. The summed E-state index contributed by atoms with van der Waals surface area (Å²) in [5, 5.41) is 24.6. The number of methoxy groups -OCH3 is 1. The predicted molar refractivity (Wildman–Crippen MR) is 354 cm³/mol.